The predicted octanol–water partition coefficient (Wildman–Crippen LogP) is 3.13. The van der Waals surface area contributed by atoms with E-state index in [9.17, 15) is 4.39 Å². The largest absolute Gasteiger partial charge is 0.310 e. The lowest BCUT2D eigenvalue weighted by atomic mass is 10.2. The van der Waals surface area contributed by atoms with Gasteiger partial charge in [-0.15, -0.1) is 0 Å². The van der Waals surface area contributed by atoms with Gasteiger partial charge in [-0.05, 0) is 26.0 Å². The van der Waals surface area contributed by atoms with Crippen molar-refractivity contribution >= 4 is 0 Å². The van der Waals surface area contributed by atoms with Crippen LogP contribution >= 0.6 is 0 Å². The molecular weight excluding hydrogens is 241 g/mol. The third kappa shape index (κ3) is 2.84. The highest BCUT2D eigenvalue weighted by Crippen LogP contribution is 2.19. The topological polar surface area (TPSA) is 29.9 Å². The Bertz CT molecular complexity index is 573. The molecule has 19 heavy (non-hydrogen) atoms. The zero-order chi connectivity index (χ0) is 14.0. The van der Waals surface area contributed by atoms with Gasteiger partial charge in [0.1, 0.15) is 11.5 Å². The molecule has 0 fully saturated rings. The van der Waals surface area contributed by atoms with E-state index in [1.807, 2.05) is 19.9 Å². The van der Waals surface area contributed by atoms with Crippen molar-refractivity contribution in [1.82, 2.24) is 15.1 Å². The molecule has 1 heterocycles. The van der Waals surface area contributed by atoms with Crippen molar-refractivity contribution in [1.29, 1.82) is 0 Å². The highest BCUT2D eigenvalue weighted by atomic mass is 19.1. The second-order valence-electron chi connectivity index (χ2n) is 5.05. The molecule has 0 saturated carbocycles. The van der Waals surface area contributed by atoms with Gasteiger partial charge in [0, 0.05) is 23.8 Å². The van der Waals surface area contributed by atoms with Crippen LogP contribution in [0.2, 0.25) is 0 Å². The van der Waals surface area contributed by atoms with Gasteiger partial charge in [0.25, 0.3) is 0 Å². The van der Waals surface area contributed by atoms with Gasteiger partial charge in [-0.1, -0.05) is 26.0 Å². The number of rotatable bonds is 4. The van der Waals surface area contributed by atoms with Gasteiger partial charge in [-0.25, -0.2) is 9.07 Å². The summed E-state index contributed by atoms with van der Waals surface area (Å²) in [5.74, 6) is -0.253. The Morgan fingerprint density at radius 1 is 1.26 bits per heavy atom. The van der Waals surface area contributed by atoms with E-state index in [1.165, 1.54) is 6.07 Å². The van der Waals surface area contributed by atoms with Gasteiger partial charge < -0.3 is 5.32 Å². The fourth-order valence-electron chi connectivity index (χ4n) is 2.10. The summed E-state index contributed by atoms with van der Waals surface area (Å²) in [6.07, 6.45) is 0. The molecule has 0 saturated heterocycles. The van der Waals surface area contributed by atoms with Gasteiger partial charge in [-0.3, -0.25) is 0 Å². The van der Waals surface area contributed by atoms with E-state index >= 15 is 0 Å². The van der Waals surface area contributed by atoms with Crippen LogP contribution in [-0.4, -0.2) is 15.8 Å². The third-order valence-corrected chi connectivity index (χ3v) is 3.21. The van der Waals surface area contributed by atoms with Crippen molar-refractivity contribution in [2.75, 3.05) is 0 Å². The summed E-state index contributed by atoms with van der Waals surface area (Å²) in [5.41, 5.74) is 3.56. The molecule has 0 aliphatic heterocycles. The van der Waals surface area contributed by atoms with E-state index in [0.717, 1.165) is 23.5 Å². The first-order valence-electron chi connectivity index (χ1n) is 6.54. The summed E-state index contributed by atoms with van der Waals surface area (Å²) in [5, 5.41) is 7.83. The molecule has 0 aliphatic rings. The van der Waals surface area contributed by atoms with Crippen LogP contribution in [0, 0.1) is 19.7 Å². The number of nitrogens with zero attached hydrogens (tertiary/aromatic N) is 2. The van der Waals surface area contributed by atoms with E-state index in [0.29, 0.717) is 11.7 Å². The summed E-state index contributed by atoms with van der Waals surface area (Å²) in [6, 6.07) is 7.12. The molecule has 2 aromatic rings. The monoisotopic (exact) mass is 261 g/mol. The molecule has 0 aliphatic carbocycles. The molecule has 0 amide bonds. The van der Waals surface area contributed by atoms with Crippen LogP contribution in [0.25, 0.3) is 5.69 Å². The molecule has 0 bridgehead atoms. The minimum absolute atomic E-state index is 0.253. The summed E-state index contributed by atoms with van der Waals surface area (Å²) < 4.78 is 15.5. The number of aromatic nitrogens is 2. The van der Waals surface area contributed by atoms with Crippen LogP contribution in [-0.2, 0) is 6.54 Å². The number of benzene rings is 1. The number of hydrogen-bond donors (Lipinski definition) is 1. The molecule has 3 nitrogen and oxygen atoms in total. The minimum Gasteiger partial charge on any atom is -0.310 e. The Balaban J connectivity index is 2.39. The first kappa shape index (κ1) is 13.7. The summed E-state index contributed by atoms with van der Waals surface area (Å²) >= 11 is 0. The SMILES string of the molecule is Cc1nn(-c2ccccc2F)c(C)c1CNC(C)C. The maximum Gasteiger partial charge on any atom is 0.148 e. The van der Waals surface area contributed by atoms with E-state index in [4.69, 9.17) is 0 Å². The van der Waals surface area contributed by atoms with Crippen molar-refractivity contribution in [3.05, 3.63) is 47.0 Å². The van der Waals surface area contributed by atoms with E-state index in [2.05, 4.69) is 24.3 Å². The predicted molar refractivity (Wildman–Crippen MR) is 75.0 cm³/mol. The first-order valence-corrected chi connectivity index (χ1v) is 6.54. The third-order valence-electron chi connectivity index (χ3n) is 3.21. The summed E-state index contributed by atoms with van der Waals surface area (Å²) in [6.45, 7) is 8.90. The molecule has 0 spiro atoms. The van der Waals surface area contributed by atoms with E-state index < -0.39 is 0 Å². The average Bonchev–Trinajstić information content (AvgIpc) is 2.63. The maximum absolute atomic E-state index is 13.8. The Morgan fingerprint density at radius 2 is 1.95 bits per heavy atom. The molecule has 1 aromatic heterocycles. The van der Waals surface area contributed by atoms with Crippen molar-refractivity contribution in [2.24, 2.45) is 0 Å². The Labute approximate surface area is 113 Å². The van der Waals surface area contributed by atoms with Crippen LogP contribution in [0.4, 0.5) is 4.39 Å². The maximum atomic E-state index is 13.8. The van der Waals surface area contributed by atoms with Crippen LogP contribution in [0.15, 0.2) is 24.3 Å². The zero-order valence-electron chi connectivity index (χ0n) is 11.9. The second-order valence-corrected chi connectivity index (χ2v) is 5.05. The van der Waals surface area contributed by atoms with Crippen molar-refractivity contribution in [3.8, 4) is 5.69 Å². The number of aryl methyl sites for hydroxylation is 1. The van der Waals surface area contributed by atoms with Gasteiger partial charge in [0.2, 0.25) is 0 Å². The number of halogens is 1. The van der Waals surface area contributed by atoms with Gasteiger partial charge in [-0.2, -0.15) is 5.10 Å². The smallest absolute Gasteiger partial charge is 0.148 e. The number of hydrogen-bond acceptors (Lipinski definition) is 2. The Hall–Kier alpha value is -1.68. The van der Waals surface area contributed by atoms with Gasteiger partial charge in [0.15, 0.2) is 0 Å². The normalized spacial score (nSPS) is 11.3. The molecular formula is C15H20FN3. The van der Waals surface area contributed by atoms with Crippen LogP contribution < -0.4 is 5.32 Å². The van der Waals surface area contributed by atoms with E-state index in [1.54, 1.807) is 16.8 Å². The first-order chi connectivity index (χ1) is 9.00. The standard InChI is InChI=1S/C15H20FN3/c1-10(2)17-9-13-11(3)18-19(12(13)4)15-8-6-5-7-14(15)16/h5-8,10,17H,9H2,1-4H3. The molecule has 4 heteroatoms. The Kier molecular flexibility index (Phi) is 4.00. The molecule has 2 rings (SSSR count). The summed E-state index contributed by atoms with van der Waals surface area (Å²) in [4.78, 5) is 0. The van der Waals surface area contributed by atoms with Crippen LogP contribution in [0.3, 0.4) is 0 Å². The number of nitrogens with one attached hydrogen (secondary N) is 1. The molecule has 0 atom stereocenters. The Morgan fingerprint density at radius 3 is 2.58 bits per heavy atom. The van der Waals surface area contributed by atoms with Crippen molar-refractivity contribution in [3.63, 3.8) is 0 Å². The lowest BCUT2D eigenvalue weighted by Crippen LogP contribution is -2.22. The van der Waals surface area contributed by atoms with E-state index in [-0.39, 0.29) is 5.82 Å². The fourth-order valence-corrected chi connectivity index (χ4v) is 2.10. The highest BCUT2D eigenvalue weighted by Gasteiger charge is 2.14. The average molecular weight is 261 g/mol. The van der Waals surface area contributed by atoms with Gasteiger partial charge >= 0.3 is 0 Å². The second kappa shape index (κ2) is 5.53. The van der Waals surface area contributed by atoms with Crippen LogP contribution in [0.5, 0.6) is 0 Å². The molecule has 1 aromatic carbocycles. The highest BCUT2D eigenvalue weighted by molar-refractivity contribution is 5.38. The lowest BCUT2D eigenvalue weighted by Gasteiger charge is -2.09. The minimum atomic E-state index is -0.253. The van der Waals surface area contributed by atoms with Crippen molar-refractivity contribution < 1.29 is 4.39 Å². The fraction of sp³-hybridized carbons (Fsp3) is 0.400. The quantitative estimate of drug-likeness (QED) is 0.916. The molecule has 0 radical (unpaired) electrons. The zero-order valence-corrected chi connectivity index (χ0v) is 11.9. The van der Waals surface area contributed by atoms with Gasteiger partial charge in [0.05, 0.1) is 5.69 Å². The molecule has 1 N–H and O–H groups in total. The molecule has 0 unspecified atom stereocenters. The number of para-hydroxylation sites is 1. The summed E-state index contributed by atoms with van der Waals surface area (Å²) in [7, 11) is 0. The van der Waals surface area contributed by atoms with Crippen LogP contribution in [0.1, 0.15) is 30.8 Å². The van der Waals surface area contributed by atoms with Crippen molar-refractivity contribution in [2.45, 2.75) is 40.3 Å². The molecule has 102 valence electrons. The lowest BCUT2D eigenvalue weighted by molar-refractivity contribution is 0.585.